The van der Waals surface area contributed by atoms with E-state index in [-0.39, 0.29) is 16.8 Å². The van der Waals surface area contributed by atoms with E-state index in [1.807, 2.05) is 37.3 Å². The number of esters is 1. The standard InChI is InChI=1S/C20H17N3O5S/c1-3-16-17(12-7-5-4-6-8-12)21-20(29-16)22-18(24)13-9-14(19(25)28-2)11-15(10-13)23(26)27/h4-11H,3H2,1-2H3,(H,21,22,24). The minimum atomic E-state index is -0.767. The van der Waals surface area contributed by atoms with Crippen LogP contribution in [0.4, 0.5) is 10.8 Å². The van der Waals surface area contributed by atoms with Crippen molar-refractivity contribution in [3.8, 4) is 11.3 Å². The van der Waals surface area contributed by atoms with Crippen LogP contribution >= 0.6 is 11.3 Å². The van der Waals surface area contributed by atoms with Crippen LogP contribution in [0.2, 0.25) is 0 Å². The molecule has 0 aliphatic rings. The van der Waals surface area contributed by atoms with Crippen LogP contribution < -0.4 is 5.32 Å². The molecule has 148 valence electrons. The SMILES string of the molecule is CCc1sc(NC(=O)c2cc(C(=O)OC)cc([N+](=O)[O-])c2)nc1-c1ccccc1. The molecule has 0 unspecified atom stereocenters. The van der Waals surface area contributed by atoms with E-state index in [9.17, 15) is 19.7 Å². The summed E-state index contributed by atoms with van der Waals surface area (Å²) in [6, 6.07) is 13.0. The molecule has 0 fully saturated rings. The summed E-state index contributed by atoms with van der Waals surface area (Å²) >= 11 is 1.33. The first-order chi connectivity index (χ1) is 13.9. The number of anilines is 1. The molecule has 2 aromatic carbocycles. The molecule has 29 heavy (non-hydrogen) atoms. The van der Waals surface area contributed by atoms with Gasteiger partial charge in [0.2, 0.25) is 0 Å². The van der Waals surface area contributed by atoms with E-state index in [2.05, 4.69) is 15.0 Å². The van der Waals surface area contributed by atoms with Crippen molar-refractivity contribution >= 4 is 34.0 Å². The molecular weight excluding hydrogens is 394 g/mol. The van der Waals surface area contributed by atoms with Crippen molar-refractivity contribution in [2.24, 2.45) is 0 Å². The van der Waals surface area contributed by atoms with Crippen molar-refractivity contribution in [2.45, 2.75) is 13.3 Å². The van der Waals surface area contributed by atoms with Gasteiger partial charge in [0.05, 0.1) is 23.3 Å². The molecule has 0 saturated heterocycles. The second-order valence-corrected chi connectivity index (χ2v) is 7.07. The Labute approximate surface area is 170 Å². The first-order valence-electron chi connectivity index (χ1n) is 8.67. The number of hydrogen-bond acceptors (Lipinski definition) is 7. The summed E-state index contributed by atoms with van der Waals surface area (Å²) in [5.74, 6) is -1.37. The van der Waals surface area contributed by atoms with E-state index in [4.69, 9.17) is 0 Å². The molecule has 3 aromatic rings. The number of benzene rings is 2. The highest BCUT2D eigenvalue weighted by molar-refractivity contribution is 7.16. The number of ether oxygens (including phenoxy) is 1. The molecule has 1 N–H and O–H groups in total. The molecule has 1 amide bonds. The number of aryl methyl sites for hydroxylation is 1. The molecule has 0 aliphatic carbocycles. The van der Waals surface area contributed by atoms with Gasteiger partial charge in [-0.2, -0.15) is 0 Å². The smallest absolute Gasteiger partial charge is 0.338 e. The van der Waals surface area contributed by atoms with Gasteiger partial charge in [-0.25, -0.2) is 9.78 Å². The molecule has 1 heterocycles. The third-order valence-corrected chi connectivity index (χ3v) is 5.21. The fourth-order valence-electron chi connectivity index (χ4n) is 2.72. The predicted molar refractivity (Wildman–Crippen MR) is 109 cm³/mol. The zero-order chi connectivity index (χ0) is 21.0. The molecule has 0 bridgehead atoms. The lowest BCUT2D eigenvalue weighted by molar-refractivity contribution is -0.384. The van der Waals surface area contributed by atoms with Gasteiger partial charge in [-0.3, -0.25) is 20.2 Å². The maximum atomic E-state index is 12.7. The predicted octanol–water partition coefficient (Wildman–Crippen LogP) is 4.32. The van der Waals surface area contributed by atoms with E-state index in [1.54, 1.807) is 0 Å². The van der Waals surface area contributed by atoms with Crippen molar-refractivity contribution in [1.29, 1.82) is 0 Å². The zero-order valence-corrected chi connectivity index (χ0v) is 16.5. The van der Waals surface area contributed by atoms with Crippen LogP contribution in [0.1, 0.15) is 32.5 Å². The van der Waals surface area contributed by atoms with Crippen molar-refractivity contribution in [2.75, 3.05) is 12.4 Å². The number of nitrogens with zero attached hydrogens (tertiary/aromatic N) is 2. The average molecular weight is 411 g/mol. The van der Waals surface area contributed by atoms with Gasteiger partial charge >= 0.3 is 5.97 Å². The van der Waals surface area contributed by atoms with Crippen molar-refractivity contribution in [3.63, 3.8) is 0 Å². The highest BCUT2D eigenvalue weighted by atomic mass is 32.1. The number of amides is 1. The highest BCUT2D eigenvalue weighted by Gasteiger charge is 2.20. The molecule has 0 saturated carbocycles. The maximum Gasteiger partial charge on any atom is 0.338 e. The topological polar surface area (TPSA) is 111 Å². The number of hydrogen-bond donors (Lipinski definition) is 1. The molecule has 0 atom stereocenters. The van der Waals surface area contributed by atoms with Gasteiger partial charge in [0.25, 0.3) is 11.6 Å². The first-order valence-corrected chi connectivity index (χ1v) is 9.48. The van der Waals surface area contributed by atoms with Gasteiger partial charge in [0.1, 0.15) is 0 Å². The summed E-state index contributed by atoms with van der Waals surface area (Å²) < 4.78 is 4.60. The number of carbonyl (C=O) groups excluding carboxylic acids is 2. The minimum Gasteiger partial charge on any atom is -0.465 e. The Hall–Kier alpha value is -3.59. The summed E-state index contributed by atoms with van der Waals surface area (Å²) in [6.45, 7) is 1.99. The molecule has 9 heteroatoms. The number of methoxy groups -OCH3 is 1. The molecule has 3 rings (SSSR count). The van der Waals surface area contributed by atoms with Crippen LogP contribution in [0, 0.1) is 10.1 Å². The number of carbonyl (C=O) groups is 2. The maximum absolute atomic E-state index is 12.7. The minimum absolute atomic E-state index is 0.0332. The normalized spacial score (nSPS) is 10.4. The largest absolute Gasteiger partial charge is 0.465 e. The number of thiazole rings is 1. The fourth-order valence-corrected chi connectivity index (χ4v) is 3.64. The summed E-state index contributed by atoms with van der Waals surface area (Å²) in [7, 11) is 1.16. The quantitative estimate of drug-likeness (QED) is 0.367. The van der Waals surface area contributed by atoms with Crippen molar-refractivity contribution < 1.29 is 19.2 Å². The lowest BCUT2D eigenvalue weighted by atomic mass is 10.1. The van der Waals surface area contributed by atoms with Crippen molar-refractivity contribution in [1.82, 2.24) is 4.98 Å². The first kappa shape index (κ1) is 20.2. The Morgan fingerprint density at radius 2 is 1.86 bits per heavy atom. The molecule has 1 aromatic heterocycles. The van der Waals surface area contributed by atoms with Gasteiger partial charge in [-0.15, -0.1) is 11.3 Å². The number of rotatable bonds is 6. The van der Waals surface area contributed by atoms with E-state index in [0.717, 1.165) is 41.8 Å². The van der Waals surface area contributed by atoms with E-state index in [1.165, 1.54) is 17.4 Å². The summed E-state index contributed by atoms with van der Waals surface area (Å²) in [5, 5.41) is 14.2. The van der Waals surface area contributed by atoms with Crippen LogP contribution in [0.25, 0.3) is 11.3 Å². The monoisotopic (exact) mass is 411 g/mol. The number of nitro groups is 1. The number of nitrogens with one attached hydrogen (secondary N) is 1. The Kier molecular flexibility index (Phi) is 5.99. The number of aromatic nitrogens is 1. The van der Waals surface area contributed by atoms with Gasteiger partial charge in [-0.1, -0.05) is 37.3 Å². The molecule has 0 spiro atoms. The number of nitro benzene ring substituents is 1. The van der Waals surface area contributed by atoms with E-state index >= 15 is 0 Å². The fraction of sp³-hybridized carbons (Fsp3) is 0.150. The summed E-state index contributed by atoms with van der Waals surface area (Å²) in [5.41, 5.74) is 1.22. The molecule has 8 nitrogen and oxygen atoms in total. The van der Waals surface area contributed by atoms with Gasteiger partial charge in [0, 0.05) is 28.1 Å². The summed E-state index contributed by atoms with van der Waals surface area (Å²) in [6.07, 6.45) is 0.737. The Morgan fingerprint density at radius 3 is 2.48 bits per heavy atom. The Morgan fingerprint density at radius 1 is 1.17 bits per heavy atom. The second kappa shape index (κ2) is 8.61. The van der Waals surface area contributed by atoms with Gasteiger partial charge < -0.3 is 4.74 Å². The third kappa shape index (κ3) is 4.46. The van der Waals surface area contributed by atoms with E-state index < -0.39 is 16.8 Å². The Balaban J connectivity index is 1.93. The molecule has 0 radical (unpaired) electrons. The van der Waals surface area contributed by atoms with Crippen LogP contribution in [0.15, 0.2) is 48.5 Å². The van der Waals surface area contributed by atoms with Gasteiger partial charge in [0.15, 0.2) is 5.13 Å². The third-order valence-electron chi connectivity index (χ3n) is 4.10. The van der Waals surface area contributed by atoms with E-state index in [0.29, 0.717) is 5.13 Å². The van der Waals surface area contributed by atoms with Crippen LogP contribution in [-0.4, -0.2) is 28.9 Å². The van der Waals surface area contributed by atoms with Crippen LogP contribution in [0.5, 0.6) is 0 Å². The summed E-state index contributed by atoms with van der Waals surface area (Å²) in [4.78, 5) is 40.4. The lowest BCUT2D eigenvalue weighted by Crippen LogP contribution is -2.13. The van der Waals surface area contributed by atoms with Crippen LogP contribution in [0.3, 0.4) is 0 Å². The second-order valence-electron chi connectivity index (χ2n) is 5.98. The van der Waals surface area contributed by atoms with Crippen molar-refractivity contribution in [3.05, 3.63) is 74.6 Å². The highest BCUT2D eigenvalue weighted by Crippen LogP contribution is 2.32. The zero-order valence-electron chi connectivity index (χ0n) is 15.7. The number of non-ortho nitro benzene ring substituents is 1. The molecular formula is C20H17N3O5S. The molecule has 0 aliphatic heterocycles. The van der Waals surface area contributed by atoms with Gasteiger partial charge in [-0.05, 0) is 12.5 Å². The lowest BCUT2D eigenvalue weighted by Gasteiger charge is -2.05. The average Bonchev–Trinajstić information content (AvgIpc) is 3.16. The Bertz CT molecular complexity index is 1080. The van der Waals surface area contributed by atoms with Crippen LogP contribution in [-0.2, 0) is 11.2 Å².